The molecular weight excluding hydrogens is 242 g/mol. The van der Waals surface area contributed by atoms with Crippen LogP contribution in [0.4, 0.5) is 0 Å². The minimum Gasteiger partial charge on any atom is -0.361 e. The molecule has 1 saturated carbocycles. The van der Waals surface area contributed by atoms with Gasteiger partial charge in [0.25, 0.3) is 5.91 Å². The van der Waals surface area contributed by atoms with Gasteiger partial charge in [-0.1, -0.05) is 5.16 Å². The Labute approximate surface area is 107 Å². The molecule has 1 aromatic rings. The number of carbonyl (C=O) groups is 1. The second-order valence-electron chi connectivity index (χ2n) is 4.41. The van der Waals surface area contributed by atoms with Crippen molar-refractivity contribution in [2.24, 2.45) is 5.73 Å². The number of nitrogens with one attached hydrogen (secondary N) is 1. The van der Waals surface area contributed by atoms with Gasteiger partial charge in [0.2, 0.25) is 0 Å². The van der Waals surface area contributed by atoms with Gasteiger partial charge in [0.05, 0.1) is 0 Å². The van der Waals surface area contributed by atoms with E-state index in [2.05, 4.69) is 10.5 Å². The van der Waals surface area contributed by atoms with Gasteiger partial charge in [-0.2, -0.15) is 0 Å². The van der Waals surface area contributed by atoms with E-state index in [1.54, 1.807) is 13.0 Å². The average Bonchev–Trinajstić information content (AvgIpc) is 2.68. The summed E-state index contributed by atoms with van der Waals surface area (Å²) in [4.78, 5) is 11.7. The van der Waals surface area contributed by atoms with Gasteiger partial charge in [-0.15, -0.1) is 12.4 Å². The summed E-state index contributed by atoms with van der Waals surface area (Å²) in [5.41, 5.74) is 6.16. The van der Waals surface area contributed by atoms with Crippen molar-refractivity contribution in [3.63, 3.8) is 0 Å². The molecule has 96 valence electrons. The van der Waals surface area contributed by atoms with E-state index >= 15 is 0 Å². The van der Waals surface area contributed by atoms with Gasteiger partial charge in [0, 0.05) is 18.2 Å². The van der Waals surface area contributed by atoms with Crippen LogP contribution in [0.1, 0.15) is 41.9 Å². The van der Waals surface area contributed by atoms with E-state index < -0.39 is 0 Å². The van der Waals surface area contributed by atoms with E-state index in [4.69, 9.17) is 10.3 Å². The summed E-state index contributed by atoms with van der Waals surface area (Å²) in [7, 11) is 0. The molecule has 0 bridgehead atoms. The topological polar surface area (TPSA) is 81.2 Å². The SMILES string of the molecule is Cc1cc(C(=O)NC2CCC(N)CC2)no1.Cl. The molecule has 0 spiro atoms. The number of carbonyl (C=O) groups excluding carboxylic acids is 1. The Morgan fingerprint density at radius 2 is 2.12 bits per heavy atom. The molecule has 0 aliphatic heterocycles. The number of amides is 1. The molecule has 1 aliphatic carbocycles. The number of hydrogen-bond donors (Lipinski definition) is 2. The van der Waals surface area contributed by atoms with Crippen LogP contribution in [0.2, 0.25) is 0 Å². The number of hydrogen-bond acceptors (Lipinski definition) is 4. The zero-order chi connectivity index (χ0) is 11.5. The van der Waals surface area contributed by atoms with Crippen molar-refractivity contribution in [2.45, 2.75) is 44.7 Å². The van der Waals surface area contributed by atoms with Gasteiger partial charge in [0.15, 0.2) is 5.69 Å². The first-order chi connectivity index (χ1) is 7.65. The molecule has 17 heavy (non-hydrogen) atoms. The minimum absolute atomic E-state index is 0. The Morgan fingerprint density at radius 3 is 2.65 bits per heavy atom. The largest absolute Gasteiger partial charge is 0.361 e. The number of rotatable bonds is 2. The third-order valence-corrected chi connectivity index (χ3v) is 2.97. The minimum atomic E-state index is -0.155. The Kier molecular flexibility index (Phi) is 4.96. The van der Waals surface area contributed by atoms with Crippen molar-refractivity contribution in [3.05, 3.63) is 17.5 Å². The lowest BCUT2D eigenvalue weighted by Gasteiger charge is -2.26. The summed E-state index contributed by atoms with van der Waals surface area (Å²) in [6.45, 7) is 1.77. The van der Waals surface area contributed by atoms with Crippen LogP contribution in [0.25, 0.3) is 0 Å². The predicted molar refractivity (Wildman–Crippen MR) is 66.2 cm³/mol. The van der Waals surface area contributed by atoms with E-state index in [1.807, 2.05) is 0 Å². The molecule has 0 saturated heterocycles. The summed E-state index contributed by atoms with van der Waals surface area (Å²) in [6.07, 6.45) is 3.85. The third kappa shape index (κ3) is 3.71. The second-order valence-corrected chi connectivity index (χ2v) is 4.41. The zero-order valence-electron chi connectivity index (χ0n) is 9.81. The molecular formula is C11H18ClN3O2. The highest BCUT2D eigenvalue weighted by Gasteiger charge is 2.21. The Morgan fingerprint density at radius 1 is 1.47 bits per heavy atom. The predicted octanol–water partition coefficient (Wildman–Crippen LogP) is 1.40. The fourth-order valence-electron chi connectivity index (χ4n) is 2.00. The van der Waals surface area contributed by atoms with Crippen LogP contribution in [0.3, 0.4) is 0 Å². The number of aryl methyl sites for hydroxylation is 1. The fraction of sp³-hybridized carbons (Fsp3) is 0.636. The molecule has 3 N–H and O–H groups in total. The van der Waals surface area contributed by atoms with Crippen molar-refractivity contribution in [1.29, 1.82) is 0 Å². The van der Waals surface area contributed by atoms with Gasteiger partial charge >= 0.3 is 0 Å². The number of halogens is 1. The lowest BCUT2D eigenvalue weighted by molar-refractivity contribution is 0.0916. The number of nitrogens with two attached hydrogens (primary N) is 1. The van der Waals surface area contributed by atoms with Crippen LogP contribution < -0.4 is 11.1 Å². The molecule has 0 atom stereocenters. The highest BCUT2D eigenvalue weighted by atomic mass is 35.5. The summed E-state index contributed by atoms with van der Waals surface area (Å²) >= 11 is 0. The van der Waals surface area contributed by atoms with Crippen LogP contribution in [0.5, 0.6) is 0 Å². The van der Waals surface area contributed by atoms with Crippen molar-refractivity contribution in [3.8, 4) is 0 Å². The molecule has 2 rings (SSSR count). The van der Waals surface area contributed by atoms with E-state index in [0.717, 1.165) is 25.7 Å². The standard InChI is InChI=1S/C11H17N3O2.ClH/c1-7-6-10(14-16-7)11(15)13-9-4-2-8(12)3-5-9;/h6,8-9H,2-5,12H2,1H3,(H,13,15);1H. The molecule has 1 fully saturated rings. The van der Waals surface area contributed by atoms with Gasteiger partial charge in [-0.3, -0.25) is 4.79 Å². The third-order valence-electron chi connectivity index (χ3n) is 2.97. The van der Waals surface area contributed by atoms with Gasteiger partial charge in [-0.05, 0) is 32.6 Å². The van der Waals surface area contributed by atoms with Crippen LogP contribution in [0.15, 0.2) is 10.6 Å². The Balaban J connectivity index is 0.00000144. The molecule has 0 unspecified atom stereocenters. The maximum absolute atomic E-state index is 11.7. The first-order valence-corrected chi connectivity index (χ1v) is 5.65. The van der Waals surface area contributed by atoms with Gasteiger partial charge in [0.1, 0.15) is 5.76 Å². The van der Waals surface area contributed by atoms with E-state index in [0.29, 0.717) is 17.5 Å². The van der Waals surface area contributed by atoms with Gasteiger partial charge < -0.3 is 15.6 Å². The summed E-state index contributed by atoms with van der Waals surface area (Å²) < 4.78 is 4.86. The van der Waals surface area contributed by atoms with Crippen molar-refractivity contribution in [1.82, 2.24) is 10.5 Å². The summed E-state index contributed by atoms with van der Waals surface area (Å²) in [5.74, 6) is 0.494. The maximum Gasteiger partial charge on any atom is 0.273 e. The lowest BCUT2D eigenvalue weighted by atomic mass is 9.92. The highest BCUT2D eigenvalue weighted by molar-refractivity contribution is 5.92. The first-order valence-electron chi connectivity index (χ1n) is 5.65. The fourth-order valence-corrected chi connectivity index (χ4v) is 2.00. The monoisotopic (exact) mass is 259 g/mol. The van der Waals surface area contributed by atoms with Crippen LogP contribution >= 0.6 is 12.4 Å². The van der Waals surface area contributed by atoms with Gasteiger partial charge in [-0.25, -0.2) is 0 Å². The average molecular weight is 260 g/mol. The van der Waals surface area contributed by atoms with Crippen LogP contribution in [0, 0.1) is 6.92 Å². The van der Waals surface area contributed by atoms with Crippen molar-refractivity contribution < 1.29 is 9.32 Å². The normalized spacial score (nSPS) is 23.9. The Hall–Kier alpha value is -1.07. The highest BCUT2D eigenvalue weighted by Crippen LogP contribution is 2.17. The lowest BCUT2D eigenvalue weighted by Crippen LogP contribution is -2.40. The molecule has 1 heterocycles. The van der Waals surface area contributed by atoms with E-state index in [-0.39, 0.29) is 24.4 Å². The Bertz CT molecular complexity index is 373. The number of aromatic nitrogens is 1. The smallest absolute Gasteiger partial charge is 0.273 e. The molecule has 1 aliphatic rings. The molecule has 0 radical (unpaired) electrons. The number of nitrogens with zero attached hydrogens (tertiary/aromatic N) is 1. The quantitative estimate of drug-likeness (QED) is 0.841. The zero-order valence-corrected chi connectivity index (χ0v) is 10.6. The van der Waals surface area contributed by atoms with Crippen molar-refractivity contribution in [2.75, 3.05) is 0 Å². The van der Waals surface area contributed by atoms with Crippen LogP contribution in [-0.2, 0) is 0 Å². The van der Waals surface area contributed by atoms with E-state index in [9.17, 15) is 4.79 Å². The molecule has 6 heteroatoms. The van der Waals surface area contributed by atoms with E-state index in [1.165, 1.54) is 0 Å². The molecule has 1 amide bonds. The molecule has 1 aromatic heterocycles. The second kappa shape index (κ2) is 6.02. The van der Waals surface area contributed by atoms with Crippen LogP contribution in [-0.4, -0.2) is 23.1 Å². The van der Waals surface area contributed by atoms with Crippen molar-refractivity contribution >= 4 is 18.3 Å². The molecule has 0 aromatic carbocycles. The maximum atomic E-state index is 11.7. The summed E-state index contributed by atoms with van der Waals surface area (Å²) in [5, 5.41) is 6.64. The summed E-state index contributed by atoms with van der Waals surface area (Å²) in [6, 6.07) is 2.16. The molecule has 5 nitrogen and oxygen atoms in total. The first kappa shape index (κ1) is 14.0.